The predicted molar refractivity (Wildman–Crippen MR) is 87.0 cm³/mol. The molecule has 0 aliphatic carbocycles. The van der Waals surface area contributed by atoms with Crippen LogP contribution in [0.15, 0.2) is 36.9 Å². The Labute approximate surface area is 143 Å². The molecule has 0 N–H and O–H groups in total. The van der Waals surface area contributed by atoms with Crippen LogP contribution in [0.3, 0.4) is 0 Å². The van der Waals surface area contributed by atoms with E-state index in [2.05, 4.69) is 10.2 Å². The lowest BCUT2D eigenvalue weighted by Crippen LogP contribution is -2.77. The van der Waals surface area contributed by atoms with Crippen molar-refractivity contribution in [3.63, 3.8) is 0 Å². The molecule has 0 radical (unpaired) electrons. The molecule has 2 atom stereocenters. The summed E-state index contributed by atoms with van der Waals surface area (Å²) < 4.78 is 1.41. The number of nitrogens with zero attached hydrogens (tertiary/aromatic N) is 6. The summed E-state index contributed by atoms with van der Waals surface area (Å²) in [5.41, 5.74) is 0.200. The molecular formula is C15H15ClN6O2. The molecule has 24 heavy (non-hydrogen) atoms. The average molecular weight is 347 g/mol. The second kappa shape index (κ2) is 5.02. The molecule has 9 heteroatoms. The fraction of sp³-hybridized carbons (Fsp3) is 0.333. The van der Waals surface area contributed by atoms with Crippen LogP contribution in [0.4, 0.5) is 5.69 Å². The van der Waals surface area contributed by atoms with Gasteiger partial charge in [-0.1, -0.05) is 18.2 Å². The van der Waals surface area contributed by atoms with E-state index < -0.39 is 10.9 Å². The lowest BCUT2D eigenvalue weighted by Gasteiger charge is -2.51. The number of aromatic nitrogens is 3. The van der Waals surface area contributed by atoms with Crippen molar-refractivity contribution in [2.75, 3.05) is 30.7 Å². The molecule has 0 bridgehead atoms. The number of alkyl halides is 1. The summed E-state index contributed by atoms with van der Waals surface area (Å²) in [6.07, 6.45) is 2.76. The van der Waals surface area contributed by atoms with E-state index >= 15 is 0 Å². The minimum absolute atomic E-state index is 0.231. The number of anilines is 1. The third kappa shape index (κ3) is 1.67. The van der Waals surface area contributed by atoms with Crippen molar-refractivity contribution in [3.05, 3.63) is 42.5 Å². The topological polar surface area (TPSA) is 74.6 Å². The number of hydrogen-bond donors (Lipinski definition) is 0. The average Bonchev–Trinajstić information content (AvgIpc) is 3.16. The highest BCUT2D eigenvalue weighted by Crippen LogP contribution is 2.52. The van der Waals surface area contributed by atoms with Gasteiger partial charge in [-0.15, -0.1) is 21.8 Å². The Morgan fingerprint density at radius 2 is 1.88 bits per heavy atom. The monoisotopic (exact) mass is 346 g/mol. The maximum atomic E-state index is 13.3. The quantitative estimate of drug-likeness (QED) is 0.583. The number of rotatable bonds is 3. The Balaban J connectivity index is 1.91. The van der Waals surface area contributed by atoms with Crippen LogP contribution >= 0.6 is 11.6 Å². The van der Waals surface area contributed by atoms with E-state index in [0.717, 1.165) is 5.69 Å². The molecule has 1 spiro atoms. The molecule has 2 amide bonds. The third-order valence-corrected chi connectivity index (χ3v) is 4.87. The van der Waals surface area contributed by atoms with E-state index in [4.69, 9.17) is 11.6 Å². The van der Waals surface area contributed by atoms with Gasteiger partial charge in [0.15, 0.2) is 10.9 Å². The van der Waals surface area contributed by atoms with Gasteiger partial charge in [0.1, 0.15) is 12.7 Å². The number of hydrogen-bond acceptors (Lipinski definition) is 5. The van der Waals surface area contributed by atoms with Crippen molar-refractivity contribution < 1.29 is 9.59 Å². The fourth-order valence-corrected chi connectivity index (χ4v) is 3.83. The number of halogens is 1. The van der Waals surface area contributed by atoms with Crippen LogP contribution in [0.25, 0.3) is 0 Å². The first-order valence-corrected chi connectivity index (χ1v) is 7.82. The highest BCUT2D eigenvalue weighted by Gasteiger charge is 2.71. The molecule has 4 rings (SSSR count). The lowest BCUT2D eigenvalue weighted by molar-refractivity contribution is -0.140. The van der Waals surface area contributed by atoms with Crippen molar-refractivity contribution in [3.8, 4) is 0 Å². The molecule has 1 aromatic carbocycles. The zero-order chi connectivity index (χ0) is 17.1. The number of benzene rings is 1. The first-order chi connectivity index (χ1) is 11.5. The normalized spacial score (nSPS) is 25.6. The summed E-state index contributed by atoms with van der Waals surface area (Å²) in [4.78, 5) is 29.3. The number of amides is 2. The zero-order valence-electron chi connectivity index (χ0n) is 13.1. The number of para-hydroxylation sites is 1. The minimum Gasteiger partial charge on any atom is -0.296 e. The van der Waals surface area contributed by atoms with Crippen molar-refractivity contribution in [1.29, 1.82) is 0 Å². The minimum atomic E-state index is -1.27. The van der Waals surface area contributed by atoms with E-state index in [0.29, 0.717) is 12.2 Å². The van der Waals surface area contributed by atoms with Gasteiger partial charge in [-0.2, -0.15) is 0 Å². The Morgan fingerprint density at radius 1 is 1.21 bits per heavy atom. The molecule has 2 aliphatic heterocycles. The van der Waals surface area contributed by atoms with Gasteiger partial charge in [-0.05, 0) is 20.2 Å². The molecule has 3 heterocycles. The third-order valence-electron chi connectivity index (χ3n) is 4.36. The van der Waals surface area contributed by atoms with Crippen LogP contribution in [0, 0.1) is 0 Å². The number of carbonyl (C=O) groups is 2. The van der Waals surface area contributed by atoms with Crippen molar-refractivity contribution in [2.45, 2.75) is 10.9 Å². The molecule has 2 aromatic rings. The van der Waals surface area contributed by atoms with Gasteiger partial charge in [-0.25, -0.2) is 9.69 Å². The second-order valence-corrected chi connectivity index (χ2v) is 6.53. The Bertz CT molecular complexity index is 823. The van der Waals surface area contributed by atoms with Crippen LogP contribution in [-0.4, -0.2) is 57.7 Å². The van der Waals surface area contributed by atoms with Crippen LogP contribution in [-0.2, 0) is 15.1 Å². The summed E-state index contributed by atoms with van der Waals surface area (Å²) in [6, 6.07) is 7.40. The van der Waals surface area contributed by atoms with E-state index in [1.165, 1.54) is 22.3 Å². The van der Waals surface area contributed by atoms with Gasteiger partial charge >= 0.3 is 0 Å². The Hall–Kier alpha value is -2.45. The molecular weight excluding hydrogens is 332 g/mol. The maximum Gasteiger partial charge on any atom is 0.264 e. The molecule has 2 unspecified atom stereocenters. The van der Waals surface area contributed by atoms with Gasteiger partial charge < -0.3 is 0 Å². The first kappa shape index (κ1) is 15.1. The summed E-state index contributed by atoms with van der Waals surface area (Å²) in [7, 11) is 3.76. The molecule has 2 aliphatic rings. The summed E-state index contributed by atoms with van der Waals surface area (Å²) in [6.45, 7) is 0.394. The number of carbonyl (C=O) groups excluding carboxylic acids is 2. The van der Waals surface area contributed by atoms with E-state index in [1.54, 1.807) is 4.90 Å². The first-order valence-electron chi connectivity index (χ1n) is 7.39. The van der Waals surface area contributed by atoms with Crippen molar-refractivity contribution in [2.24, 2.45) is 0 Å². The molecule has 0 saturated carbocycles. The maximum absolute atomic E-state index is 13.3. The van der Waals surface area contributed by atoms with Crippen LogP contribution in [0.1, 0.15) is 5.56 Å². The molecule has 124 valence electrons. The predicted octanol–water partition coefficient (Wildman–Crippen LogP) is 0.125. The highest BCUT2D eigenvalue weighted by molar-refractivity contribution is 6.42. The van der Waals surface area contributed by atoms with Crippen LogP contribution < -0.4 is 9.91 Å². The summed E-state index contributed by atoms with van der Waals surface area (Å²) >= 11 is 6.39. The Kier molecular flexibility index (Phi) is 3.16. The second-order valence-electron chi connectivity index (χ2n) is 6.09. The summed E-state index contributed by atoms with van der Waals surface area (Å²) in [5.74, 6) is -0.586. The fourth-order valence-electron chi connectivity index (χ4n) is 3.43. The zero-order valence-corrected chi connectivity index (χ0v) is 13.9. The summed E-state index contributed by atoms with van der Waals surface area (Å²) in [5, 5.41) is 7.82. The van der Waals surface area contributed by atoms with Gasteiger partial charge in [0.05, 0.1) is 12.4 Å². The van der Waals surface area contributed by atoms with Crippen molar-refractivity contribution in [1.82, 2.24) is 19.8 Å². The Morgan fingerprint density at radius 3 is 2.54 bits per heavy atom. The molecule has 1 saturated heterocycles. The lowest BCUT2D eigenvalue weighted by atomic mass is 9.79. The number of β-lactam (4-membered cyclic amide) rings is 1. The molecule has 1 aromatic heterocycles. The van der Waals surface area contributed by atoms with Gasteiger partial charge in [-0.3, -0.25) is 19.4 Å². The van der Waals surface area contributed by atoms with Gasteiger partial charge in [0, 0.05) is 5.56 Å². The SMILES string of the molecule is CN(C)CN1C(=O)C2(c3ccccc31)C(Cl)C(=O)N2n1cnnc1. The van der Waals surface area contributed by atoms with E-state index in [9.17, 15) is 9.59 Å². The molecule has 8 nitrogen and oxygen atoms in total. The highest BCUT2D eigenvalue weighted by atomic mass is 35.5. The van der Waals surface area contributed by atoms with Crippen LogP contribution in [0.2, 0.25) is 0 Å². The van der Waals surface area contributed by atoms with E-state index in [1.807, 2.05) is 43.3 Å². The number of fused-ring (bicyclic) bond motifs is 2. The molecule has 1 fully saturated rings. The smallest absolute Gasteiger partial charge is 0.264 e. The largest absolute Gasteiger partial charge is 0.296 e. The van der Waals surface area contributed by atoms with Gasteiger partial charge in [0.2, 0.25) is 0 Å². The van der Waals surface area contributed by atoms with E-state index in [-0.39, 0.29) is 11.8 Å². The van der Waals surface area contributed by atoms with Crippen molar-refractivity contribution >= 4 is 29.1 Å². The van der Waals surface area contributed by atoms with Crippen LogP contribution in [0.5, 0.6) is 0 Å². The standard InChI is InChI=1S/C15H15ClN6O2/c1-19(2)9-21-11-6-4-3-5-10(11)15(14(21)24)12(16)13(23)22(15)20-7-17-18-8-20/h3-8,12H,9H2,1-2H3. The van der Waals surface area contributed by atoms with Gasteiger partial charge in [0.25, 0.3) is 11.8 Å².